The lowest BCUT2D eigenvalue weighted by Gasteiger charge is -2.24. The van der Waals surface area contributed by atoms with Gasteiger partial charge in [-0.1, -0.05) is 36.4 Å². The first-order valence-corrected chi connectivity index (χ1v) is 9.25. The van der Waals surface area contributed by atoms with Crippen LogP contribution in [-0.2, 0) is 11.3 Å². The summed E-state index contributed by atoms with van der Waals surface area (Å²) in [6.07, 6.45) is 0.237. The molecule has 2 N–H and O–H groups in total. The molecule has 1 atom stereocenters. The van der Waals surface area contributed by atoms with Crippen molar-refractivity contribution in [1.29, 1.82) is 0 Å². The summed E-state index contributed by atoms with van der Waals surface area (Å²) in [5.74, 6) is 0.630. The van der Waals surface area contributed by atoms with Crippen LogP contribution in [-0.4, -0.2) is 54.8 Å². The zero-order valence-electron chi connectivity index (χ0n) is 15.9. The average molecular weight is 383 g/mol. The predicted octanol–water partition coefficient (Wildman–Crippen LogP) is 2.00. The summed E-state index contributed by atoms with van der Waals surface area (Å²) >= 11 is 0. The first-order valence-electron chi connectivity index (χ1n) is 9.25. The van der Waals surface area contributed by atoms with Crippen LogP contribution >= 0.6 is 0 Å². The molecule has 1 saturated heterocycles. The molecule has 0 aromatic heterocycles. The standard InChI is InChI=1S/C21H25N3O4/c1-28-19-9-5-8-18(13-19)24-15-17(12-20(24)26)22-21(27)23(10-11-25)14-16-6-3-2-4-7-16/h2-9,13,17,25H,10-12,14-15H2,1H3,(H,22,27). The van der Waals surface area contributed by atoms with Crippen molar-refractivity contribution in [2.24, 2.45) is 0 Å². The second-order valence-corrected chi connectivity index (χ2v) is 6.69. The van der Waals surface area contributed by atoms with E-state index in [1.54, 1.807) is 23.0 Å². The molecule has 0 aliphatic carbocycles. The van der Waals surface area contributed by atoms with E-state index in [-0.39, 0.29) is 37.6 Å². The van der Waals surface area contributed by atoms with Crippen LogP contribution in [0.5, 0.6) is 5.75 Å². The van der Waals surface area contributed by atoms with Gasteiger partial charge in [-0.15, -0.1) is 0 Å². The Hall–Kier alpha value is -3.06. The zero-order chi connectivity index (χ0) is 19.9. The fourth-order valence-corrected chi connectivity index (χ4v) is 3.28. The van der Waals surface area contributed by atoms with Crippen molar-refractivity contribution >= 4 is 17.6 Å². The van der Waals surface area contributed by atoms with Gasteiger partial charge in [0.25, 0.3) is 0 Å². The number of carbonyl (C=O) groups excluding carboxylic acids is 2. The fraction of sp³-hybridized carbons (Fsp3) is 0.333. The highest BCUT2D eigenvalue weighted by atomic mass is 16.5. The van der Waals surface area contributed by atoms with E-state index >= 15 is 0 Å². The van der Waals surface area contributed by atoms with Crippen molar-refractivity contribution in [3.05, 3.63) is 60.2 Å². The van der Waals surface area contributed by atoms with Crippen molar-refractivity contribution < 1.29 is 19.4 Å². The molecule has 7 nitrogen and oxygen atoms in total. The molecule has 3 amide bonds. The van der Waals surface area contributed by atoms with Gasteiger partial charge in [-0.05, 0) is 17.7 Å². The smallest absolute Gasteiger partial charge is 0.318 e. The number of rotatable bonds is 7. The van der Waals surface area contributed by atoms with E-state index in [0.29, 0.717) is 18.8 Å². The molecule has 28 heavy (non-hydrogen) atoms. The number of aliphatic hydroxyl groups is 1. The van der Waals surface area contributed by atoms with Crippen molar-refractivity contribution in [1.82, 2.24) is 10.2 Å². The summed E-state index contributed by atoms with van der Waals surface area (Å²) in [6, 6.07) is 16.3. The fourth-order valence-electron chi connectivity index (χ4n) is 3.28. The number of amides is 3. The maximum atomic E-state index is 12.7. The van der Waals surface area contributed by atoms with Crippen molar-refractivity contribution in [3.8, 4) is 5.75 Å². The maximum absolute atomic E-state index is 12.7. The molecule has 148 valence electrons. The number of benzene rings is 2. The van der Waals surface area contributed by atoms with Crippen LogP contribution in [0.4, 0.5) is 10.5 Å². The van der Waals surface area contributed by atoms with Crippen molar-refractivity contribution in [3.63, 3.8) is 0 Å². The van der Waals surface area contributed by atoms with Crippen LogP contribution in [0.2, 0.25) is 0 Å². The normalized spacial score (nSPS) is 16.1. The molecule has 1 aliphatic rings. The van der Waals surface area contributed by atoms with Crippen LogP contribution in [0.25, 0.3) is 0 Å². The topological polar surface area (TPSA) is 82.1 Å². The Bertz CT molecular complexity index is 812. The van der Waals surface area contributed by atoms with E-state index in [2.05, 4.69) is 5.32 Å². The molecule has 1 fully saturated rings. The Balaban J connectivity index is 1.63. The summed E-state index contributed by atoms with van der Waals surface area (Å²) in [7, 11) is 1.58. The van der Waals surface area contributed by atoms with Gasteiger partial charge in [0.2, 0.25) is 5.91 Å². The third kappa shape index (κ3) is 4.80. The second kappa shape index (κ2) is 9.23. The summed E-state index contributed by atoms with van der Waals surface area (Å²) in [6.45, 7) is 0.893. The van der Waals surface area contributed by atoms with Gasteiger partial charge in [0.1, 0.15) is 5.75 Å². The van der Waals surface area contributed by atoms with Crippen LogP contribution in [0.15, 0.2) is 54.6 Å². The molecule has 1 unspecified atom stereocenters. The number of nitrogens with zero attached hydrogens (tertiary/aromatic N) is 2. The van der Waals surface area contributed by atoms with Crippen LogP contribution in [0.3, 0.4) is 0 Å². The molecule has 3 rings (SSSR count). The average Bonchev–Trinajstić information content (AvgIpc) is 3.08. The number of urea groups is 1. The van der Waals surface area contributed by atoms with Gasteiger partial charge in [-0.25, -0.2) is 4.79 Å². The Labute approximate surface area is 164 Å². The van der Waals surface area contributed by atoms with E-state index in [4.69, 9.17) is 4.74 Å². The molecule has 1 aliphatic heterocycles. The summed E-state index contributed by atoms with van der Waals surface area (Å²) in [4.78, 5) is 28.3. The summed E-state index contributed by atoms with van der Waals surface area (Å²) in [5, 5.41) is 12.2. The number of methoxy groups -OCH3 is 1. The van der Waals surface area contributed by atoms with Crippen molar-refractivity contribution in [2.45, 2.75) is 19.0 Å². The van der Waals surface area contributed by atoms with Crippen LogP contribution in [0.1, 0.15) is 12.0 Å². The molecule has 7 heteroatoms. The quantitative estimate of drug-likeness (QED) is 0.766. The molecule has 2 aromatic carbocycles. The number of nitrogens with one attached hydrogen (secondary N) is 1. The molecule has 0 spiro atoms. The zero-order valence-corrected chi connectivity index (χ0v) is 15.9. The van der Waals surface area contributed by atoms with Crippen LogP contribution in [0, 0.1) is 0 Å². The molecule has 0 radical (unpaired) electrons. The third-order valence-corrected chi connectivity index (χ3v) is 4.69. The number of hydrogen-bond donors (Lipinski definition) is 2. The Morgan fingerprint density at radius 1 is 1.25 bits per heavy atom. The largest absolute Gasteiger partial charge is 0.497 e. The third-order valence-electron chi connectivity index (χ3n) is 4.69. The van der Waals surface area contributed by atoms with Crippen molar-refractivity contribution in [2.75, 3.05) is 31.7 Å². The lowest BCUT2D eigenvalue weighted by Crippen LogP contribution is -2.46. The van der Waals surface area contributed by atoms with Gasteiger partial charge in [-0.3, -0.25) is 4.79 Å². The Morgan fingerprint density at radius 2 is 2.04 bits per heavy atom. The number of carbonyl (C=O) groups is 2. The van der Waals surface area contributed by atoms with Gasteiger partial charge in [0.15, 0.2) is 0 Å². The summed E-state index contributed by atoms with van der Waals surface area (Å²) < 4.78 is 5.22. The number of anilines is 1. The van der Waals surface area contributed by atoms with E-state index in [1.807, 2.05) is 48.5 Å². The van der Waals surface area contributed by atoms with E-state index < -0.39 is 0 Å². The number of hydrogen-bond acceptors (Lipinski definition) is 4. The lowest BCUT2D eigenvalue weighted by atomic mass is 10.2. The minimum absolute atomic E-state index is 0.0460. The van der Waals surface area contributed by atoms with E-state index in [1.165, 1.54) is 0 Å². The number of ether oxygens (including phenoxy) is 1. The molecule has 2 aromatic rings. The van der Waals surface area contributed by atoms with Gasteiger partial charge in [0, 0.05) is 37.8 Å². The highest BCUT2D eigenvalue weighted by Crippen LogP contribution is 2.25. The molecular formula is C21H25N3O4. The molecule has 1 heterocycles. The summed E-state index contributed by atoms with van der Waals surface area (Å²) in [5.41, 5.74) is 1.73. The Morgan fingerprint density at radius 3 is 2.75 bits per heavy atom. The molecular weight excluding hydrogens is 358 g/mol. The SMILES string of the molecule is COc1cccc(N2CC(NC(=O)N(CCO)Cc3ccccc3)CC2=O)c1. The van der Waals surface area contributed by atoms with Gasteiger partial charge < -0.3 is 25.0 Å². The predicted molar refractivity (Wildman–Crippen MR) is 106 cm³/mol. The van der Waals surface area contributed by atoms with Crippen LogP contribution < -0.4 is 15.0 Å². The minimum Gasteiger partial charge on any atom is -0.497 e. The van der Waals surface area contributed by atoms with E-state index in [9.17, 15) is 14.7 Å². The Kier molecular flexibility index (Phi) is 6.49. The van der Waals surface area contributed by atoms with Gasteiger partial charge in [-0.2, -0.15) is 0 Å². The maximum Gasteiger partial charge on any atom is 0.318 e. The molecule has 0 bridgehead atoms. The minimum atomic E-state index is -0.289. The number of aliphatic hydroxyl groups excluding tert-OH is 1. The van der Waals surface area contributed by atoms with Gasteiger partial charge >= 0.3 is 6.03 Å². The molecule has 0 saturated carbocycles. The second-order valence-electron chi connectivity index (χ2n) is 6.69. The van der Waals surface area contributed by atoms with E-state index in [0.717, 1.165) is 11.3 Å². The lowest BCUT2D eigenvalue weighted by molar-refractivity contribution is -0.117. The highest BCUT2D eigenvalue weighted by molar-refractivity contribution is 5.97. The highest BCUT2D eigenvalue weighted by Gasteiger charge is 2.32. The first-order chi connectivity index (χ1) is 13.6. The monoisotopic (exact) mass is 383 g/mol. The van der Waals surface area contributed by atoms with Gasteiger partial charge in [0.05, 0.1) is 19.8 Å². The first kappa shape index (κ1) is 19.7.